The third-order valence-electron chi connectivity index (χ3n) is 9.97. The van der Waals surface area contributed by atoms with E-state index in [0.717, 1.165) is 39.3 Å². The van der Waals surface area contributed by atoms with Gasteiger partial charge in [0.1, 0.15) is 23.1 Å². The molecule has 3 aromatic carbocycles. The fourth-order valence-electron chi connectivity index (χ4n) is 7.34. The number of nitrogens with zero attached hydrogens (tertiary/aromatic N) is 4. The smallest absolute Gasteiger partial charge is 0.389 e. The molecule has 2 aliphatic heterocycles. The Hall–Kier alpha value is -4.82. The van der Waals surface area contributed by atoms with Crippen LogP contribution in [0.3, 0.4) is 0 Å². The van der Waals surface area contributed by atoms with Gasteiger partial charge in [0.05, 0.1) is 5.69 Å². The lowest BCUT2D eigenvalue weighted by Crippen LogP contribution is -2.35. The fourth-order valence-corrected chi connectivity index (χ4v) is 7.34. The average molecular weight is 725 g/mol. The zero-order valence-corrected chi connectivity index (χ0v) is 28.6. The highest BCUT2D eigenvalue weighted by Gasteiger charge is 2.32. The zero-order chi connectivity index (χ0) is 36.7. The summed E-state index contributed by atoms with van der Waals surface area (Å²) >= 11 is 0. The molecule has 5 aromatic rings. The Kier molecular flexibility index (Phi) is 9.79. The van der Waals surface area contributed by atoms with Crippen molar-refractivity contribution in [3.05, 3.63) is 76.7 Å². The third-order valence-corrected chi connectivity index (χ3v) is 9.97. The first-order chi connectivity index (χ1) is 24.8. The van der Waals surface area contributed by atoms with Gasteiger partial charge in [0.2, 0.25) is 11.8 Å². The van der Waals surface area contributed by atoms with Crippen molar-refractivity contribution >= 4 is 17.1 Å². The standard InChI is InChI=1S/C38H37F5N4O5/c1-21-24(25-8-4-10-27(22(25)2)35-45-29-20-46(16-12-31(29)50-35)14-6-13-38(41,42)43)7-3-9-26(21)34-44-28-17-23(19-47-15-5-11-30(47)36(48)49)32(52-37(39)40)18-33(28)51-34/h3-4,7-10,17-18,30,37H,5-6,11-16,19-20H2,1-2H3,(H,48,49). The Morgan fingerprint density at radius 1 is 0.981 bits per heavy atom. The molecule has 9 nitrogen and oxygen atoms in total. The summed E-state index contributed by atoms with van der Waals surface area (Å²) in [4.78, 5) is 25.0. The largest absolute Gasteiger partial charge is 0.480 e. The lowest BCUT2D eigenvalue weighted by Gasteiger charge is -2.25. The quantitative estimate of drug-likeness (QED) is 0.134. The van der Waals surface area contributed by atoms with Crippen LogP contribution in [0.2, 0.25) is 0 Å². The predicted molar refractivity (Wildman–Crippen MR) is 182 cm³/mol. The number of carboxylic acids is 1. The number of rotatable bonds is 11. The van der Waals surface area contributed by atoms with Gasteiger partial charge in [-0.2, -0.15) is 22.0 Å². The molecule has 0 radical (unpaired) electrons. The molecule has 1 saturated heterocycles. The molecule has 14 heteroatoms. The van der Waals surface area contributed by atoms with Crippen LogP contribution in [0, 0.1) is 13.8 Å². The van der Waals surface area contributed by atoms with Crippen molar-refractivity contribution < 1.29 is 45.4 Å². The average Bonchev–Trinajstić information content (AvgIpc) is 3.83. The molecule has 1 unspecified atom stereocenters. The molecule has 0 aliphatic carbocycles. The van der Waals surface area contributed by atoms with E-state index in [1.165, 1.54) is 6.07 Å². The lowest BCUT2D eigenvalue weighted by molar-refractivity contribution is -0.142. The summed E-state index contributed by atoms with van der Waals surface area (Å²) in [5.41, 5.74) is 6.90. The fraction of sp³-hybridized carbons (Fsp3) is 0.395. The second-order valence-corrected chi connectivity index (χ2v) is 13.4. The van der Waals surface area contributed by atoms with Gasteiger partial charge in [-0.05, 0) is 86.7 Å². The van der Waals surface area contributed by atoms with Crippen molar-refractivity contribution in [2.24, 2.45) is 0 Å². The molecule has 7 rings (SSSR count). The zero-order valence-electron chi connectivity index (χ0n) is 28.6. The second kappa shape index (κ2) is 14.3. The number of halogens is 5. The van der Waals surface area contributed by atoms with E-state index < -0.39 is 31.2 Å². The Bertz CT molecular complexity index is 2110. The highest BCUT2D eigenvalue weighted by molar-refractivity contribution is 5.84. The van der Waals surface area contributed by atoms with Gasteiger partial charge in [0.25, 0.3) is 0 Å². The van der Waals surface area contributed by atoms with Gasteiger partial charge in [0.15, 0.2) is 5.58 Å². The Morgan fingerprint density at radius 2 is 1.65 bits per heavy atom. The van der Waals surface area contributed by atoms with E-state index in [4.69, 9.17) is 23.5 Å². The molecule has 1 atom stereocenters. The molecular weight excluding hydrogens is 687 g/mol. The molecular formula is C38H37F5N4O5. The Morgan fingerprint density at radius 3 is 2.31 bits per heavy atom. The van der Waals surface area contributed by atoms with Crippen molar-refractivity contribution in [3.63, 3.8) is 0 Å². The van der Waals surface area contributed by atoms with E-state index >= 15 is 0 Å². The van der Waals surface area contributed by atoms with Crippen LogP contribution in [0.5, 0.6) is 5.75 Å². The normalized spacial score (nSPS) is 17.0. The third kappa shape index (κ3) is 7.40. The van der Waals surface area contributed by atoms with E-state index in [0.29, 0.717) is 68.0 Å². The number of aliphatic carboxylic acids is 1. The molecule has 1 N–H and O–H groups in total. The maximum atomic E-state index is 13.4. The van der Waals surface area contributed by atoms with E-state index in [1.807, 2.05) is 55.1 Å². The Labute approximate surface area is 296 Å². The van der Waals surface area contributed by atoms with Gasteiger partial charge in [-0.15, -0.1) is 0 Å². The summed E-state index contributed by atoms with van der Waals surface area (Å²) in [6.45, 7) is 2.83. The first-order valence-electron chi connectivity index (χ1n) is 17.2. The van der Waals surface area contributed by atoms with Crippen molar-refractivity contribution in [1.82, 2.24) is 19.8 Å². The maximum absolute atomic E-state index is 13.4. The number of likely N-dealkylation sites (tertiary alicyclic amines) is 1. The van der Waals surface area contributed by atoms with Crippen molar-refractivity contribution in [2.45, 2.75) is 77.9 Å². The topological polar surface area (TPSA) is 105 Å². The first kappa shape index (κ1) is 35.6. The minimum absolute atomic E-state index is 0.0373. The Balaban J connectivity index is 1.17. The van der Waals surface area contributed by atoms with E-state index in [1.54, 1.807) is 11.0 Å². The van der Waals surface area contributed by atoms with Crippen LogP contribution < -0.4 is 4.74 Å². The lowest BCUT2D eigenvalue weighted by atomic mass is 9.91. The number of hydrogen-bond donors (Lipinski definition) is 1. The van der Waals surface area contributed by atoms with E-state index in [-0.39, 0.29) is 30.2 Å². The summed E-state index contributed by atoms with van der Waals surface area (Å²) in [7, 11) is 0. The summed E-state index contributed by atoms with van der Waals surface area (Å²) in [6.07, 6.45) is -3.22. The number of fused-ring (bicyclic) bond motifs is 2. The maximum Gasteiger partial charge on any atom is 0.389 e. The first-order valence-corrected chi connectivity index (χ1v) is 17.2. The molecule has 0 bridgehead atoms. The highest BCUT2D eigenvalue weighted by Crippen LogP contribution is 2.39. The molecule has 2 aromatic heterocycles. The summed E-state index contributed by atoms with van der Waals surface area (Å²) < 4.78 is 82.1. The van der Waals surface area contributed by atoms with E-state index in [2.05, 4.69) is 0 Å². The van der Waals surface area contributed by atoms with E-state index in [9.17, 15) is 31.9 Å². The summed E-state index contributed by atoms with van der Waals surface area (Å²) in [5.74, 6) is 0.431. The second-order valence-electron chi connectivity index (χ2n) is 13.4. The summed E-state index contributed by atoms with van der Waals surface area (Å²) in [6, 6.07) is 13.8. The number of oxazole rings is 2. The van der Waals surface area contributed by atoms with Gasteiger partial charge < -0.3 is 18.7 Å². The van der Waals surface area contributed by atoms with Crippen LogP contribution in [0.25, 0.3) is 45.1 Å². The van der Waals surface area contributed by atoms with Crippen LogP contribution in [-0.2, 0) is 24.3 Å². The van der Waals surface area contributed by atoms with Crippen LogP contribution in [0.1, 0.15) is 53.8 Å². The molecule has 52 heavy (non-hydrogen) atoms. The monoisotopic (exact) mass is 724 g/mol. The number of carboxylic acid groups (broad SMARTS) is 1. The van der Waals surface area contributed by atoms with Crippen molar-refractivity contribution in [2.75, 3.05) is 19.6 Å². The number of ether oxygens (including phenoxy) is 1. The van der Waals surface area contributed by atoms with Gasteiger partial charge in [-0.3, -0.25) is 14.6 Å². The number of carbonyl (C=O) groups is 1. The highest BCUT2D eigenvalue weighted by atomic mass is 19.4. The van der Waals surface area contributed by atoms with Gasteiger partial charge in [0, 0.05) is 55.2 Å². The summed E-state index contributed by atoms with van der Waals surface area (Å²) in [5, 5.41) is 9.63. The van der Waals surface area contributed by atoms with Gasteiger partial charge in [-0.25, -0.2) is 9.97 Å². The molecule has 1 fully saturated rings. The van der Waals surface area contributed by atoms with Crippen LogP contribution in [0.15, 0.2) is 57.4 Å². The van der Waals surface area contributed by atoms with Crippen LogP contribution in [0.4, 0.5) is 22.0 Å². The number of hydrogen-bond acceptors (Lipinski definition) is 8. The minimum atomic E-state index is -4.17. The van der Waals surface area contributed by atoms with Crippen molar-refractivity contribution in [3.8, 4) is 39.8 Å². The van der Waals surface area contributed by atoms with Gasteiger partial charge >= 0.3 is 18.8 Å². The molecule has 2 aliphatic rings. The van der Waals surface area contributed by atoms with Crippen LogP contribution >= 0.6 is 0 Å². The van der Waals surface area contributed by atoms with Gasteiger partial charge in [-0.1, -0.05) is 24.3 Å². The molecule has 0 amide bonds. The minimum Gasteiger partial charge on any atom is -0.480 e. The number of aromatic nitrogens is 2. The van der Waals surface area contributed by atoms with Crippen LogP contribution in [-0.4, -0.2) is 69.3 Å². The molecule has 0 saturated carbocycles. The number of benzene rings is 3. The molecule has 274 valence electrons. The molecule has 0 spiro atoms. The van der Waals surface area contributed by atoms with Crippen molar-refractivity contribution in [1.29, 1.82) is 0 Å². The SMILES string of the molecule is Cc1c(-c2nc3c(o2)CCN(CCCC(F)(F)F)C3)cccc1-c1cccc(-c2nc3cc(CN4CCCC4C(=O)O)c(OC(F)F)cc3o2)c1C. The molecule has 4 heterocycles. The predicted octanol–water partition coefficient (Wildman–Crippen LogP) is 8.78. The number of alkyl halides is 5.